The minimum absolute atomic E-state index is 0.320. The summed E-state index contributed by atoms with van der Waals surface area (Å²) in [4.78, 5) is 22.5. The third-order valence-electron chi connectivity index (χ3n) is 5.90. The number of esters is 1. The second-order valence-electron chi connectivity index (χ2n) is 8.84. The van der Waals surface area contributed by atoms with Crippen molar-refractivity contribution in [1.29, 1.82) is 0 Å². The Balaban J connectivity index is 3.21. The van der Waals surface area contributed by atoms with Gasteiger partial charge in [-0.3, -0.25) is 4.79 Å². The monoisotopic (exact) mass is 426 g/mol. The van der Waals surface area contributed by atoms with E-state index in [4.69, 9.17) is 9.84 Å². The molecule has 0 aliphatic carbocycles. The topological polar surface area (TPSA) is 63.6 Å². The number of ether oxygens (including phenoxy) is 1. The first-order valence-electron chi connectivity index (χ1n) is 13.0. The zero-order valence-corrected chi connectivity index (χ0v) is 20.1. The number of hydrogen-bond donors (Lipinski definition) is 1. The number of carboxylic acid groups (broad SMARTS) is 1. The van der Waals surface area contributed by atoms with E-state index in [1.165, 1.54) is 103 Å². The lowest BCUT2D eigenvalue weighted by atomic mass is 10.0. The fraction of sp³-hybridized carbons (Fsp3) is 0.923. The second kappa shape index (κ2) is 22.6. The van der Waals surface area contributed by atoms with Gasteiger partial charge >= 0.3 is 11.9 Å². The number of unbranched alkanes of at least 4 members (excludes halogenated alkanes) is 18. The molecule has 0 amide bonds. The van der Waals surface area contributed by atoms with Gasteiger partial charge in [0.05, 0.1) is 0 Å². The first kappa shape index (κ1) is 28.9. The molecule has 0 spiro atoms. The lowest BCUT2D eigenvalue weighted by Crippen LogP contribution is -2.26. The van der Waals surface area contributed by atoms with Crippen LogP contribution in [0.1, 0.15) is 149 Å². The first-order valence-corrected chi connectivity index (χ1v) is 13.0. The van der Waals surface area contributed by atoms with Gasteiger partial charge in [-0.25, -0.2) is 4.79 Å². The summed E-state index contributed by atoms with van der Waals surface area (Å²) >= 11 is 0. The van der Waals surface area contributed by atoms with Crippen LogP contribution in [0.4, 0.5) is 0 Å². The highest BCUT2D eigenvalue weighted by Gasteiger charge is 2.19. The Morgan fingerprint density at radius 3 is 1.23 bits per heavy atom. The van der Waals surface area contributed by atoms with Gasteiger partial charge in [0.15, 0.2) is 6.10 Å². The van der Waals surface area contributed by atoms with E-state index in [2.05, 4.69) is 6.92 Å². The quantitative estimate of drug-likeness (QED) is 0.132. The van der Waals surface area contributed by atoms with E-state index in [0.29, 0.717) is 12.8 Å². The molecule has 1 atom stereocenters. The molecule has 0 aliphatic heterocycles. The molecule has 30 heavy (non-hydrogen) atoms. The summed E-state index contributed by atoms with van der Waals surface area (Å²) in [5.41, 5.74) is 0. The zero-order chi connectivity index (χ0) is 22.3. The summed E-state index contributed by atoms with van der Waals surface area (Å²) in [5.74, 6) is -1.43. The molecule has 0 aromatic carbocycles. The summed E-state index contributed by atoms with van der Waals surface area (Å²) in [6.07, 6.45) is 24.8. The molecule has 0 radical (unpaired) electrons. The van der Waals surface area contributed by atoms with E-state index >= 15 is 0 Å². The molecule has 0 aromatic heterocycles. The second-order valence-corrected chi connectivity index (χ2v) is 8.84. The van der Waals surface area contributed by atoms with Gasteiger partial charge in [-0.15, -0.1) is 0 Å². The van der Waals surface area contributed by atoms with Crippen molar-refractivity contribution < 1.29 is 19.4 Å². The fourth-order valence-corrected chi connectivity index (χ4v) is 3.87. The zero-order valence-electron chi connectivity index (χ0n) is 20.1. The summed E-state index contributed by atoms with van der Waals surface area (Å²) < 4.78 is 4.96. The SMILES string of the molecule is CCCCCCCCCCCCCCCCCCCCCC(=O)OC(CC)C(=O)O. The lowest BCUT2D eigenvalue weighted by molar-refractivity contribution is -0.164. The molecule has 1 N–H and O–H groups in total. The maximum Gasteiger partial charge on any atom is 0.345 e. The van der Waals surface area contributed by atoms with E-state index in [1.807, 2.05) is 0 Å². The maximum atomic E-state index is 11.6. The standard InChI is InChI=1S/C26H50O4/c1-3-5-6-7-8-9-10-11-12-13-14-15-16-17-18-19-20-21-22-23-25(27)30-24(4-2)26(28)29/h24H,3-23H2,1-2H3,(H,28,29). The molecule has 0 saturated carbocycles. The van der Waals surface area contributed by atoms with Crippen LogP contribution >= 0.6 is 0 Å². The molecule has 4 nitrogen and oxygen atoms in total. The van der Waals surface area contributed by atoms with Crippen molar-refractivity contribution >= 4 is 11.9 Å². The first-order chi connectivity index (χ1) is 14.6. The number of aliphatic carboxylic acids is 1. The largest absolute Gasteiger partial charge is 0.479 e. The predicted molar refractivity (Wildman–Crippen MR) is 126 cm³/mol. The molecule has 0 saturated heterocycles. The van der Waals surface area contributed by atoms with Crippen LogP contribution in [0.25, 0.3) is 0 Å². The number of carbonyl (C=O) groups excluding carboxylic acids is 1. The minimum Gasteiger partial charge on any atom is -0.479 e. The van der Waals surface area contributed by atoms with Gasteiger partial charge < -0.3 is 9.84 Å². The number of rotatable bonds is 23. The Morgan fingerprint density at radius 1 is 0.600 bits per heavy atom. The Bertz CT molecular complexity index is 394. The molecule has 0 rings (SSSR count). The fourth-order valence-electron chi connectivity index (χ4n) is 3.87. The Hall–Kier alpha value is -1.06. The molecule has 0 aromatic rings. The highest BCUT2D eigenvalue weighted by Crippen LogP contribution is 2.15. The van der Waals surface area contributed by atoms with Crippen molar-refractivity contribution in [2.24, 2.45) is 0 Å². The Kier molecular flexibility index (Phi) is 21.8. The van der Waals surface area contributed by atoms with E-state index in [0.717, 1.165) is 19.3 Å². The van der Waals surface area contributed by atoms with Crippen LogP contribution in [0.15, 0.2) is 0 Å². The smallest absolute Gasteiger partial charge is 0.345 e. The van der Waals surface area contributed by atoms with Gasteiger partial charge in [0, 0.05) is 6.42 Å². The maximum absolute atomic E-state index is 11.6. The Labute approximate surface area is 186 Å². The van der Waals surface area contributed by atoms with Gasteiger partial charge in [0.1, 0.15) is 0 Å². The molecule has 4 heteroatoms. The third kappa shape index (κ3) is 20.2. The van der Waals surface area contributed by atoms with E-state index < -0.39 is 12.1 Å². The van der Waals surface area contributed by atoms with Gasteiger partial charge in [0.2, 0.25) is 0 Å². The van der Waals surface area contributed by atoms with Crippen molar-refractivity contribution in [3.8, 4) is 0 Å². The van der Waals surface area contributed by atoms with Gasteiger partial charge in [0.25, 0.3) is 0 Å². The van der Waals surface area contributed by atoms with Crippen LogP contribution < -0.4 is 0 Å². The molecule has 0 aliphatic rings. The van der Waals surface area contributed by atoms with Crippen LogP contribution in [-0.4, -0.2) is 23.1 Å². The number of carbonyl (C=O) groups is 2. The summed E-state index contributed by atoms with van der Waals surface area (Å²) in [5, 5.41) is 8.88. The van der Waals surface area contributed by atoms with Crippen molar-refractivity contribution in [2.75, 3.05) is 0 Å². The van der Waals surface area contributed by atoms with Crippen LogP contribution in [-0.2, 0) is 14.3 Å². The summed E-state index contributed by atoms with van der Waals surface area (Å²) in [6.45, 7) is 3.99. The molecule has 0 heterocycles. The molecule has 1 unspecified atom stereocenters. The Morgan fingerprint density at radius 2 is 0.933 bits per heavy atom. The van der Waals surface area contributed by atoms with Crippen molar-refractivity contribution in [2.45, 2.75) is 155 Å². The summed E-state index contributed by atoms with van der Waals surface area (Å²) in [7, 11) is 0. The van der Waals surface area contributed by atoms with E-state index in [9.17, 15) is 9.59 Å². The molecule has 0 fully saturated rings. The average molecular weight is 427 g/mol. The highest BCUT2D eigenvalue weighted by molar-refractivity contribution is 5.77. The molecular weight excluding hydrogens is 376 g/mol. The van der Waals surface area contributed by atoms with Crippen LogP contribution in [0, 0.1) is 0 Å². The minimum atomic E-state index is -1.06. The predicted octanol–water partition coefficient (Wildman–Crippen LogP) is 8.21. The van der Waals surface area contributed by atoms with Crippen molar-refractivity contribution in [3.63, 3.8) is 0 Å². The van der Waals surface area contributed by atoms with Crippen LogP contribution in [0.3, 0.4) is 0 Å². The molecular formula is C26H50O4. The molecule has 0 bridgehead atoms. The van der Waals surface area contributed by atoms with E-state index in [1.54, 1.807) is 6.92 Å². The third-order valence-corrected chi connectivity index (χ3v) is 5.90. The average Bonchev–Trinajstić information content (AvgIpc) is 2.73. The normalized spacial score (nSPS) is 12.1. The number of carboxylic acids is 1. The summed E-state index contributed by atoms with van der Waals surface area (Å²) in [6, 6.07) is 0. The van der Waals surface area contributed by atoms with Gasteiger partial charge in [-0.1, -0.05) is 129 Å². The number of hydrogen-bond acceptors (Lipinski definition) is 3. The lowest BCUT2D eigenvalue weighted by Gasteiger charge is -2.11. The van der Waals surface area contributed by atoms with Crippen molar-refractivity contribution in [3.05, 3.63) is 0 Å². The van der Waals surface area contributed by atoms with Crippen LogP contribution in [0.2, 0.25) is 0 Å². The van der Waals surface area contributed by atoms with Gasteiger partial charge in [-0.2, -0.15) is 0 Å². The van der Waals surface area contributed by atoms with Crippen molar-refractivity contribution in [1.82, 2.24) is 0 Å². The van der Waals surface area contributed by atoms with Gasteiger partial charge in [-0.05, 0) is 12.8 Å². The highest BCUT2D eigenvalue weighted by atomic mass is 16.6. The van der Waals surface area contributed by atoms with Crippen LogP contribution in [0.5, 0.6) is 0 Å². The van der Waals surface area contributed by atoms with E-state index in [-0.39, 0.29) is 5.97 Å². The molecule has 178 valence electrons.